The van der Waals surface area contributed by atoms with Crippen LogP contribution in [-0.2, 0) is 0 Å². The number of allylic oxidation sites excluding steroid dienone is 2. The lowest BCUT2D eigenvalue weighted by atomic mass is 9.75. The van der Waals surface area contributed by atoms with Gasteiger partial charge in [-0.05, 0) is 37.8 Å². The van der Waals surface area contributed by atoms with E-state index >= 15 is 0 Å². The average Bonchev–Trinajstić information content (AvgIpc) is 2.41. The molecule has 0 bridgehead atoms. The maximum atomic E-state index is 4.03. The second-order valence-electron chi connectivity index (χ2n) is 5.05. The molecule has 1 aromatic carbocycles. The maximum Gasteiger partial charge on any atom is 0.0342 e. The molecule has 1 aromatic rings. The number of benzene rings is 1. The topological polar surface area (TPSA) is 12.0 Å². The summed E-state index contributed by atoms with van der Waals surface area (Å²) in [6.45, 7) is 6.14. The van der Waals surface area contributed by atoms with Crippen molar-refractivity contribution >= 4 is 5.69 Å². The summed E-state index contributed by atoms with van der Waals surface area (Å²) in [6.07, 6.45) is 10.5. The van der Waals surface area contributed by atoms with Crippen molar-refractivity contribution in [1.82, 2.24) is 0 Å². The van der Waals surface area contributed by atoms with Crippen LogP contribution < -0.4 is 5.32 Å². The van der Waals surface area contributed by atoms with Crippen LogP contribution in [0.2, 0.25) is 0 Å². The van der Waals surface area contributed by atoms with Crippen molar-refractivity contribution in [3.8, 4) is 0 Å². The van der Waals surface area contributed by atoms with E-state index < -0.39 is 0 Å². The van der Waals surface area contributed by atoms with Crippen LogP contribution in [0.1, 0.15) is 26.2 Å². The summed E-state index contributed by atoms with van der Waals surface area (Å²) in [4.78, 5) is 0. The molecule has 0 saturated heterocycles. The molecule has 1 saturated carbocycles. The molecule has 1 fully saturated rings. The summed E-state index contributed by atoms with van der Waals surface area (Å²) in [5, 5.41) is 3.67. The summed E-state index contributed by atoms with van der Waals surface area (Å²) >= 11 is 0. The molecule has 0 aromatic heterocycles. The Kier molecular flexibility index (Phi) is 4.63. The Morgan fingerprint density at radius 3 is 2.67 bits per heavy atom. The average molecular weight is 241 g/mol. The predicted molar refractivity (Wildman–Crippen MR) is 79.7 cm³/mol. The van der Waals surface area contributed by atoms with Crippen LogP contribution >= 0.6 is 0 Å². The number of hydrogen-bond donors (Lipinski definition) is 1. The van der Waals surface area contributed by atoms with E-state index in [1.165, 1.54) is 24.9 Å². The number of nitrogens with one attached hydrogen (secondary N) is 1. The van der Waals surface area contributed by atoms with E-state index in [-0.39, 0.29) is 0 Å². The van der Waals surface area contributed by atoms with Crippen LogP contribution in [-0.4, -0.2) is 6.04 Å². The fourth-order valence-corrected chi connectivity index (χ4v) is 2.98. The predicted octanol–water partition coefficient (Wildman–Crippen LogP) is 4.65. The molecule has 0 spiro atoms. The quantitative estimate of drug-likeness (QED) is 0.757. The summed E-state index contributed by atoms with van der Waals surface area (Å²) in [5.41, 5.74) is 1.22. The largest absolute Gasteiger partial charge is 0.382 e. The van der Waals surface area contributed by atoms with Crippen molar-refractivity contribution in [3.63, 3.8) is 0 Å². The smallest absolute Gasteiger partial charge is 0.0342 e. The molecule has 1 nitrogen and oxygen atoms in total. The van der Waals surface area contributed by atoms with Crippen LogP contribution in [0.5, 0.6) is 0 Å². The first-order valence-corrected chi connectivity index (χ1v) is 6.92. The van der Waals surface area contributed by atoms with E-state index in [0.29, 0.717) is 17.9 Å². The van der Waals surface area contributed by atoms with Gasteiger partial charge >= 0.3 is 0 Å². The fourth-order valence-electron chi connectivity index (χ4n) is 2.98. The monoisotopic (exact) mass is 241 g/mol. The normalized spacial score (nSPS) is 28.2. The Balaban J connectivity index is 2.08. The van der Waals surface area contributed by atoms with Gasteiger partial charge in [0.25, 0.3) is 0 Å². The minimum atomic E-state index is 0.514. The van der Waals surface area contributed by atoms with Gasteiger partial charge < -0.3 is 5.32 Å². The van der Waals surface area contributed by atoms with E-state index in [0.717, 1.165) is 0 Å². The van der Waals surface area contributed by atoms with Gasteiger partial charge in [0, 0.05) is 17.6 Å². The van der Waals surface area contributed by atoms with Crippen LogP contribution in [0.4, 0.5) is 5.69 Å². The lowest BCUT2D eigenvalue weighted by Gasteiger charge is -2.36. The van der Waals surface area contributed by atoms with Crippen molar-refractivity contribution in [3.05, 3.63) is 55.1 Å². The van der Waals surface area contributed by atoms with Crippen molar-refractivity contribution in [1.29, 1.82) is 0 Å². The molecule has 0 amide bonds. The van der Waals surface area contributed by atoms with E-state index in [1.807, 2.05) is 0 Å². The lowest BCUT2D eigenvalue weighted by molar-refractivity contribution is 0.309. The van der Waals surface area contributed by atoms with Gasteiger partial charge in [-0.1, -0.05) is 42.8 Å². The molecule has 2 rings (SSSR count). The molecule has 3 atom stereocenters. The number of para-hydroxylation sites is 1. The SMILES string of the molecule is C=CC1C(/C=C\C)CCC[C@H]1Nc1ccccc1. The molecule has 2 unspecified atom stereocenters. The molecule has 1 aliphatic carbocycles. The Bertz CT molecular complexity index is 393. The van der Waals surface area contributed by atoms with Gasteiger partial charge in [-0.15, -0.1) is 6.58 Å². The second-order valence-corrected chi connectivity index (χ2v) is 5.05. The summed E-state index contributed by atoms with van der Waals surface area (Å²) < 4.78 is 0. The molecule has 1 heteroatoms. The first-order chi connectivity index (χ1) is 8.85. The third-order valence-corrected chi connectivity index (χ3v) is 3.85. The molecule has 0 radical (unpaired) electrons. The van der Waals surface area contributed by atoms with Gasteiger partial charge in [0.2, 0.25) is 0 Å². The molecule has 0 aliphatic heterocycles. The molecule has 18 heavy (non-hydrogen) atoms. The second kappa shape index (κ2) is 6.44. The maximum absolute atomic E-state index is 4.03. The van der Waals surface area contributed by atoms with Crippen LogP contribution in [0.15, 0.2) is 55.1 Å². The van der Waals surface area contributed by atoms with Gasteiger partial charge in [0.15, 0.2) is 0 Å². The zero-order valence-electron chi connectivity index (χ0n) is 11.2. The Morgan fingerprint density at radius 1 is 1.22 bits per heavy atom. The van der Waals surface area contributed by atoms with E-state index in [9.17, 15) is 0 Å². The van der Waals surface area contributed by atoms with Crippen LogP contribution in [0.25, 0.3) is 0 Å². The van der Waals surface area contributed by atoms with Crippen molar-refractivity contribution in [2.45, 2.75) is 32.2 Å². The van der Waals surface area contributed by atoms with Crippen molar-refractivity contribution in [2.24, 2.45) is 11.8 Å². The lowest BCUT2D eigenvalue weighted by Crippen LogP contribution is -2.36. The Morgan fingerprint density at radius 2 is 2.00 bits per heavy atom. The van der Waals surface area contributed by atoms with Gasteiger partial charge in [-0.3, -0.25) is 0 Å². The molecular formula is C17H23N. The zero-order chi connectivity index (χ0) is 12.8. The van der Waals surface area contributed by atoms with E-state index in [4.69, 9.17) is 0 Å². The number of hydrogen-bond acceptors (Lipinski definition) is 1. The number of rotatable bonds is 4. The highest BCUT2D eigenvalue weighted by Crippen LogP contribution is 2.33. The van der Waals surface area contributed by atoms with E-state index in [2.05, 4.69) is 67.4 Å². The minimum absolute atomic E-state index is 0.514. The van der Waals surface area contributed by atoms with Crippen molar-refractivity contribution in [2.75, 3.05) is 5.32 Å². The summed E-state index contributed by atoms with van der Waals surface area (Å²) in [6, 6.07) is 11.0. The van der Waals surface area contributed by atoms with Crippen LogP contribution in [0, 0.1) is 11.8 Å². The summed E-state index contributed by atoms with van der Waals surface area (Å²) in [5.74, 6) is 1.18. The Hall–Kier alpha value is -1.50. The molecular weight excluding hydrogens is 218 g/mol. The first-order valence-electron chi connectivity index (χ1n) is 6.92. The molecule has 1 N–H and O–H groups in total. The first kappa shape index (κ1) is 12.9. The fraction of sp³-hybridized carbons (Fsp3) is 0.412. The van der Waals surface area contributed by atoms with Gasteiger partial charge in [0.05, 0.1) is 0 Å². The van der Waals surface area contributed by atoms with Crippen LogP contribution in [0.3, 0.4) is 0 Å². The number of anilines is 1. The highest BCUT2D eigenvalue weighted by molar-refractivity contribution is 5.44. The third-order valence-electron chi connectivity index (χ3n) is 3.85. The molecule has 1 aliphatic rings. The summed E-state index contributed by atoms with van der Waals surface area (Å²) in [7, 11) is 0. The van der Waals surface area contributed by atoms with Gasteiger partial charge in [-0.2, -0.15) is 0 Å². The van der Waals surface area contributed by atoms with E-state index in [1.54, 1.807) is 0 Å². The van der Waals surface area contributed by atoms with Gasteiger partial charge in [-0.25, -0.2) is 0 Å². The molecule has 96 valence electrons. The van der Waals surface area contributed by atoms with Gasteiger partial charge in [0.1, 0.15) is 0 Å². The zero-order valence-corrected chi connectivity index (χ0v) is 11.2. The Labute approximate surface area is 111 Å². The van der Waals surface area contributed by atoms with Crippen molar-refractivity contribution < 1.29 is 0 Å². The highest BCUT2D eigenvalue weighted by Gasteiger charge is 2.29. The molecule has 0 heterocycles. The standard InChI is InChI=1S/C17H23N/c1-3-9-14-10-8-13-17(16(14)4-2)18-15-11-6-5-7-12-15/h3-7,9,11-12,14,16-18H,2,8,10,13H2,1H3/b9-3-/t14?,16?,17-/m1/s1. The highest BCUT2D eigenvalue weighted by atomic mass is 14.9. The minimum Gasteiger partial charge on any atom is -0.382 e. The third kappa shape index (κ3) is 3.04.